The second-order valence-electron chi connectivity index (χ2n) is 6.45. The standard InChI is InChI=1S/C9H15BO.C8H13BO.2Y/c1-4-9(3)6-11-8(10)5-7(9)2;1-4-8(3)6(2)5-7(9)10-8;;/h5,7-8H,3-4,6H2,1-2H3;5-7H,3-4H2,1-2H3;;/q2*-2;;/t7-,8-,9?;6-,7+,8?;;/m10../s1. The molecule has 23 heavy (non-hydrogen) atoms. The molecular formula is C17H28B2O2Y2-4. The van der Waals surface area contributed by atoms with E-state index in [9.17, 15) is 0 Å². The third-order valence-electron chi connectivity index (χ3n) is 4.99. The summed E-state index contributed by atoms with van der Waals surface area (Å²) in [7, 11) is 11.2. The van der Waals surface area contributed by atoms with Crippen molar-refractivity contribution >= 4 is 15.7 Å². The first-order valence-corrected chi connectivity index (χ1v) is 7.88. The first-order valence-electron chi connectivity index (χ1n) is 7.88. The monoisotopic (exact) mass is 464 g/mol. The minimum Gasteiger partial charge on any atom is -0.446 e. The topological polar surface area (TPSA) is 18.5 Å². The number of ether oxygens (including phenoxy) is 2. The first-order chi connectivity index (χ1) is 9.66. The Morgan fingerprint density at radius 2 is 1.52 bits per heavy atom. The molecular weight excluding hydrogens is 436 g/mol. The van der Waals surface area contributed by atoms with E-state index in [2.05, 4.69) is 41.5 Å². The molecule has 124 valence electrons. The molecule has 0 aliphatic carbocycles. The van der Waals surface area contributed by atoms with Gasteiger partial charge in [0, 0.05) is 72.0 Å². The van der Waals surface area contributed by atoms with E-state index in [1.807, 2.05) is 12.8 Å². The zero-order valence-corrected chi connectivity index (χ0v) is 20.8. The van der Waals surface area contributed by atoms with Gasteiger partial charge in [-0.25, -0.2) is 0 Å². The van der Waals surface area contributed by atoms with Gasteiger partial charge in [0.25, 0.3) is 0 Å². The van der Waals surface area contributed by atoms with Gasteiger partial charge in [-0.05, 0) is 0 Å². The summed E-state index contributed by atoms with van der Waals surface area (Å²) in [6.45, 7) is 17.3. The summed E-state index contributed by atoms with van der Waals surface area (Å²) in [5.41, 5.74) is -0.213. The molecule has 2 fully saturated rings. The quantitative estimate of drug-likeness (QED) is 0.463. The maximum absolute atomic E-state index is 5.60. The smallest absolute Gasteiger partial charge is 0.0625 e. The van der Waals surface area contributed by atoms with Crippen molar-refractivity contribution in [3.63, 3.8) is 0 Å². The van der Waals surface area contributed by atoms with Crippen molar-refractivity contribution in [3.8, 4) is 0 Å². The second kappa shape index (κ2) is 11.9. The van der Waals surface area contributed by atoms with Gasteiger partial charge in [0.05, 0.1) is 15.7 Å². The summed E-state index contributed by atoms with van der Waals surface area (Å²) in [6.07, 6.45) is 5.98. The van der Waals surface area contributed by atoms with Gasteiger partial charge in [-0.1, -0.05) is 52.1 Å². The van der Waals surface area contributed by atoms with Crippen LogP contribution in [0.25, 0.3) is 0 Å². The fraction of sp³-hybridized carbons (Fsp3) is 0.765. The molecule has 0 amide bonds. The molecule has 0 N–H and O–H groups in total. The molecule has 2 saturated heterocycles. The molecule has 2 heterocycles. The van der Waals surface area contributed by atoms with Crippen LogP contribution in [0.2, 0.25) is 0 Å². The van der Waals surface area contributed by atoms with Crippen LogP contribution < -0.4 is 0 Å². The molecule has 0 spiro atoms. The fourth-order valence-corrected chi connectivity index (χ4v) is 2.64. The maximum Gasteiger partial charge on any atom is 0.0625 e. The Kier molecular flexibility index (Phi) is 14.2. The molecule has 2 nitrogen and oxygen atoms in total. The Morgan fingerprint density at radius 3 is 1.83 bits per heavy atom. The minimum atomic E-state index is -0.264. The molecule has 0 aromatic heterocycles. The molecule has 0 aromatic carbocycles. The van der Waals surface area contributed by atoms with Crippen LogP contribution in [0.1, 0.15) is 40.5 Å². The maximum atomic E-state index is 5.60. The number of hydrogen-bond acceptors (Lipinski definition) is 2. The van der Waals surface area contributed by atoms with E-state index in [1.165, 1.54) is 0 Å². The SMILES string of the molecule is [B][C@H]1[CH-][C@@H](C)C([CH2-])(CC)CO1.[B][C@H]1[CH-][C@H](C)C([CH2-])(CC)O1.[Y].[Y]. The zero-order chi connectivity index (χ0) is 16.3. The second-order valence-corrected chi connectivity index (χ2v) is 6.45. The average Bonchev–Trinajstić information content (AvgIpc) is 2.69. The summed E-state index contributed by atoms with van der Waals surface area (Å²) < 4.78 is 10.7. The molecule has 0 aromatic rings. The van der Waals surface area contributed by atoms with Gasteiger partial charge >= 0.3 is 0 Å². The number of rotatable bonds is 2. The van der Waals surface area contributed by atoms with Crippen molar-refractivity contribution < 1.29 is 74.9 Å². The molecule has 6 radical (unpaired) electrons. The summed E-state index contributed by atoms with van der Waals surface area (Å²) in [5.74, 6) is 0.823. The van der Waals surface area contributed by atoms with Gasteiger partial charge in [-0.2, -0.15) is 17.3 Å². The van der Waals surface area contributed by atoms with Gasteiger partial charge in [0.2, 0.25) is 0 Å². The van der Waals surface area contributed by atoms with Crippen LogP contribution in [0.15, 0.2) is 0 Å². The van der Waals surface area contributed by atoms with Crippen molar-refractivity contribution in [1.29, 1.82) is 0 Å². The van der Waals surface area contributed by atoms with Gasteiger partial charge in [0.15, 0.2) is 0 Å². The Hall–Kier alpha value is 2.26. The van der Waals surface area contributed by atoms with E-state index in [1.54, 1.807) is 0 Å². The van der Waals surface area contributed by atoms with Crippen LogP contribution in [-0.2, 0) is 74.9 Å². The Bertz CT molecular complexity index is 336. The molecule has 6 atom stereocenters. The van der Waals surface area contributed by atoms with E-state index in [0.717, 1.165) is 12.8 Å². The normalized spacial score (nSPS) is 42.7. The molecule has 2 rings (SSSR count). The third kappa shape index (κ3) is 7.80. The predicted molar refractivity (Wildman–Crippen MR) is 89.5 cm³/mol. The van der Waals surface area contributed by atoms with Crippen LogP contribution >= 0.6 is 0 Å². The summed E-state index contributed by atoms with van der Waals surface area (Å²) >= 11 is 0. The van der Waals surface area contributed by atoms with Gasteiger partial charge in [-0.15, -0.1) is 6.00 Å². The number of hydrogen-bond donors (Lipinski definition) is 0. The van der Waals surface area contributed by atoms with Crippen molar-refractivity contribution in [2.24, 2.45) is 17.3 Å². The summed E-state index contributed by atoms with van der Waals surface area (Å²) in [6, 6.07) is -0.404. The Labute approximate surface area is 197 Å². The van der Waals surface area contributed by atoms with Gasteiger partial charge < -0.3 is 36.2 Å². The Balaban J connectivity index is 0. The van der Waals surface area contributed by atoms with Crippen molar-refractivity contribution in [1.82, 2.24) is 0 Å². The molecule has 2 unspecified atom stereocenters. The van der Waals surface area contributed by atoms with Crippen molar-refractivity contribution in [2.45, 2.75) is 58.1 Å². The Morgan fingerprint density at radius 1 is 1.00 bits per heavy atom. The van der Waals surface area contributed by atoms with E-state index < -0.39 is 0 Å². The van der Waals surface area contributed by atoms with Crippen LogP contribution in [0.5, 0.6) is 0 Å². The fourth-order valence-electron chi connectivity index (χ4n) is 2.64. The van der Waals surface area contributed by atoms with Crippen molar-refractivity contribution in [2.75, 3.05) is 6.61 Å². The zero-order valence-electron chi connectivity index (χ0n) is 15.1. The molecule has 0 saturated carbocycles. The minimum absolute atomic E-state index is 0. The predicted octanol–water partition coefficient (Wildman–Crippen LogP) is 2.91. The summed E-state index contributed by atoms with van der Waals surface area (Å²) in [5, 5.41) is 0. The van der Waals surface area contributed by atoms with E-state index in [4.69, 9.17) is 25.2 Å². The molecule has 6 heteroatoms. The van der Waals surface area contributed by atoms with Gasteiger partial charge in [-0.3, -0.25) is 0 Å². The van der Waals surface area contributed by atoms with Gasteiger partial charge in [0.1, 0.15) is 0 Å². The molecule has 2 aliphatic heterocycles. The first kappa shape index (κ1) is 27.5. The van der Waals surface area contributed by atoms with E-state index in [0.29, 0.717) is 18.4 Å². The van der Waals surface area contributed by atoms with E-state index >= 15 is 0 Å². The van der Waals surface area contributed by atoms with Crippen LogP contribution in [0, 0.1) is 43.9 Å². The largest absolute Gasteiger partial charge is 0.446 e. The average molecular weight is 464 g/mol. The summed E-state index contributed by atoms with van der Waals surface area (Å²) in [4.78, 5) is 0. The van der Waals surface area contributed by atoms with Crippen LogP contribution in [0.4, 0.5) is 0 Å². The van der Waals surface area contributed by atoms with Crippen molar-refractivity contribution in [3.05, 3.63) is 26.7 Å². The van der Waals surface area contributed by atoms with E-state index in [-0.39, 0.29) is 88.4 Å². The molecule has 2 aliphatic rings. The third-order valence-corrected chi connectivity index (χ3v) is 4.99. The molecule has 0 bridgehead atoms. The van der Waals surface area contributed by atoms with Crippen LogP contribution in [-0.4, -0.2) is 39.9 Å². The van der Waals surface area contributed by atoms with Crippen LogP contribution in [0.3, 0.4) is 0 Å².